The highest BCUT2D eigenvalue weighted by Crippen LogP contribution is 2.45. The molecule has 0 aromatic heterocycles. The smallest absolute Gasteiger partial charge is 0.245 e. The number of rotatable bonds is 5. The molecule has 0 atom stereocenters. The number of amides is 1. The summed E-state index contributed by atoms with van der Waals surface area (Å²) in [5.41, 5.74) is 11.1. The van der Waals surface area contributed by atoms with Gasteiger partial charge in [0.05, 0.1) is 18.4 Å². The van der Waals surface area contributed by atoms with Crippen LogP contribution in [0.5, 0.6) is 5.75 Å². The number of nitrogen functional groups attached to an aromatic ring is 1. The van der Waals surface area contributed by atoms with Crippen LogP contribution < -0.4 is 15.4 Å². The molecule has 3 N–H and O–H groups in total. The van der Waals surface area contributed by atoms with Gasteiger partial charge in [-0.3, -0.25) is 4.79 Å². The highest BCUT2D eigenvalue weighted by molar-refractivity contribution is 5.98. The molecule has 0 aliphatic carbocycles. The minimum Gasteiger partial charge on any atom is -0.497 e. The van der Waals surface area contributed by atoms with E-state index in [-0.39, 0.29) is 11.3 Å². The number of nitrogens with one attached hydrogen (secondary N) is 1. The van der Waals surface area contributed by atoms with Gasteiger partial charge in [-0.1, -0.05) is 12.6 Å². The molecule has 0 saturated carbocycles. The van der Waals surface area contributed by atoms with Crippen LogP contribution in [0.15, 0.2) is 36.9 Å². The van der Waals surface area contributed by atoms with Crippen molar-refractivity contribution in [3.05, 3.63) is 53.6 Å². The van der Waals surface area contributed by atoms with Crippen molar-refractivity contribution in [2.75, 3.05) is 43.9 Å². The Balaban J connectivity index is 1.77. The molecule has 2 aromatic carbocycles. The third-order valence-corrected chi connectivity index (χ3v) is 6.66. The number of carbonyl (C=O) groups excluding carboxylic acids is 1. The maximum absolute atomic E-state index is 11.9. The third-order valence-electron chi connectivity index (χ3n) is 6.66. The second-order valence-corrected chi connectivity index (χ2v) is 8.66. The Morgan fingerprint density at radius 1 is 1.34 bits per heavy atom. The average Bonchev–Trinajstić information content (AvgIpc) is 3.23. The Bertz CT molecular complexity index is 1160. The number of carbonyl (C=O) groups is 1. The monoisotopic (exact) mass is 429 g/mol. The summed E-state index contributed by atoms with van der Waals surface area (Å²) in [6.45, 7) is 8.50. The molecule has 7 heteroatoms. The van der Waals surface area contributed by atoms with Crippen LogP contribution in [0.2, 0.25) is 0 Å². The molecule has 2 aromatic rings. The number of hydrogen-bond donors (Lipinski definition) is 2. The van der Waals surface area contributed by atoms with Crippen LogP contribution in [0.25, 0.3) is 11.1 Å². The number of nitrogens with two attached hydrogens (primary N) is 1. The molecule has 7 nitrogen and oxygen atoms in total. The van der Waals surface area contributed by atoms with Gasteiger partial charge < -0.3 is 25.7 Å². The second-order valence-electron chi connectivity index (χ2n) is 8.66. The molecule has 164 valence electrons. The zero-order valence-electron chi connectivity index (χ0n) is 18.4. The lowest BCUT2D eigenvalue weighted by Crippen LogP contribution is -2.59. The lowest BCUT2D eigenvalue weighted by atomic mass is 9.79. The predicted molar refractivity (Wildman–Crippen MR) is 126 cm³/mol. The summed E-state index contributed by atoms with van der Waals surface area (Å²) in [6, 6.07) is 9.83. The molecule has 2 heterocycles. The summed E-state index contributed by atoms with van der Waals surface area (Å²) in [7, 11) is 1.61. The molecule has 2 fully saturated rings. The van der Waals surface area contributed by atoms with Crippen molar-refractivity contribution < 1.29 is 9.53 Å². The van der Waals surface area contributed by atoms with Crippen LogP contribution in [0.4, 0.5) is 11.4 Å². The topological polar surface area (TPSA) is 106 Å². The summed E-state index contributed by atoms with van der Waals surface area (Å²) >= 11 is 0. The van der Waals surface area contributed by atoms with Crippen LogP contribution in [0, 0.1) is 29.1 Å². The van der Waals surface area contributed by atoms with E-state index in [0.29, 0.717) is 41.2 Å². The molecule has 32 heavy (non-hydrogen) atoms. The van der Waals surface area contributed by atoms with Gasteiger partial charge in [0.25, 0.3) is 0 Å². The summed E-state index contributed by atoms with van der Waals surface area (Å²) < 4.78 is 5.59. The second kappa shape index (κ2) is 8.04. The number of ether oxygens (including phenoxy) is 1. The summed E-state index contributed by atoms with van der Waals surface area (Å²) in [4.78, 5) is 15.9. The number of methoxy groups -OCH3 is 1. The average molecular weight is 430 g/mol. The van der Waals surface area contributed by atoms with Gasteiger partial charge in [0, 0.05) is 60.7 Å². The molecule has 0 bridgehead atoms. The Morgan fingerprint density at radius 2 is 2.09 bits per heavy atom. The summed E-state index contributed by atoms with van der Waals surface area (Å²) in [5.74, 6) is 0.608. The van der Waals surface area contributed by atoms with Gasteiger partial charge >= 0.3 is 0 Å². The van der Waals surface area contributed by atoms with Gasteiger partial charge in [-0.2, -0.15) is 5.26 Å². The van der Waals surface area contributed by atoms with Crippen LogP contribution in [0.1, 0.15) is 23.1 Å². The molecular weight excluding hydrogens is 402 g/mol. The van der Waals surface area contributed by atoms with Gasteiger partial charge in [0.2, 0.25) is 5.91 Å². The number of nitriles is 1. The van der Waals surface area contributed by atoms with Crippen molar-refractivity contribution in [3.8, 4) is 22.9 Å². The number of nitrogens with zero attached hydrogens (tertiary/aromatic N) is 3. The highest BCUT2D eigenvalue weighted by atomic mass is 16.5. The molecule has 1 spiro atoms. The third kappa shape index (κ3) is 3.38. The largest absolute Gasteiger partial charge is 0.497 e. The van der Waals surface area contributed by atoms with Gasteiger partial charge in [0.15, 0.2) is 0 Å². The Morgan fingerprint density at radius 3 is 2.72 bits per heavy atom. The fourth-order valence-electron chi connectivity index (χ4n) is 4.99. The first-order valence-electron chi connectivity index (χ1n) is 10.5. The van der Waals surface area contributed by atoms with Crippen LogP contribution in [0.3, 0.4) is 0 Å². The summed E-state index contributed by atoms with van der Waals surface area (Å²) in [6.07, 6.45) is 3.55. The van der Waals surface area contributed by atoms with E-state index in [2.05, 4.69) is 17.5 Å². The van der Waals surface area contributed by atoms with Crippen LogP contribution in [-0.2, 0) is 4.79 Å². The van der Waals surface area contributed by atoms with Crippen molar-refractivity contribution in [2.45, 2.75) is 13.3 Å². The molecule has 0 unspecified atom stereocenters. The van der Waals surface area contributed by atoms with Gasteiger partial charge in [0.1, 0.15) is 11.8 Å². The molecule has 0 radical (unpaired) electrons. The fraction of sp³-hybridized carbons (Fsp3) is 0.320. The predicted octanol–water partition coefficient (Wildman–Crippen LogP) is 3.35. The van der Waals surface area contributed by atoms with Gasteiger partial charge in [-0.25, -0.2) is 0 Å². The Hall–Kier alpha value is -3.79. The minimum atomic E-state index is -0.0354. The normalized spacial score (nSPS) is 16.4. The molecule has 2 aliphatic rings. The van der Waals surface area contributed by atoms with E-state index in [1.807, 2.05) is 30.0 Å². The molecular formula is C25H27N5O2. The van der Waals surface area contributed by atoms with Gasteiger partial charge in [-0.15, -0.1) is 0 Å². The van der Waals surface area contributed by atoms with Crippen molar-refractivity contribution in [2.24, 2.45) is 5.41 Å². The zero-order chi connectivity index (χ0) is 23.0. The lowest BCUT2D eigenvalue weighted by Gasteiger charge is -2.47. The minimum absolute atomic E-state index is 0.0354. The van der Waals surface area contributed by atoms with Crippen molar-refractivity contribution in [1.82, 2.24) is 4.90 Å². The molecule has 4 rings (SSSR count). The number of likely N-dealkylation sites (tertiary alicyclic amines) is 1. The van der Waals surface area contributed by atoms with E-state index >= 15 is 0 Å². The van der Waals surface area contributed by atoms with Crippen LogP contribution >= 0.6 is 0 Å². The number of aryl methyl sites for hydroxylation is 1. The maximum Gasteiger partial charge on any atom is 0.245 e. The Labute approximate surface area is 188 Å². The molecule has 2 saturated heterocycles. The summed E-state index contributed by atoms with van der Waals surface area (Å²) in [5, 5.41) is 18.1. The van der Waals surface area contributed by atoms with E-state index in [9.17, 15) is 10.1 Å². The number of benzene rings is 2. The van der Waals surface area contributed by atoms with E-state index in [0.717, 1.165) is 36.3 Å². The quantitative estimate of drug-likeness (QED) is 0.431. The standard InChI is InChI=1S/C25H27N5O2/c1-4-23(31)30-14-25(15-30)7-8-29(13-25)22-10-17(32-3)9-18(19(22)11-26)24-16(2)5-6-21(28)20(24)12-27/h4-6,9-10,12,27H,1,7-8,13-15,28H2,2-3H3. The first-order chi connectivity index (χ1) is 15.4. The number of anilines is 2. The van der Waals surface area contributed by atoms with E-state index in [1.54, 1.807) is 13.2 Å². The Kier molecular flexibility index (Phi) is 5.39. The zero-order valence-corrected chi connectivity index (χ0v) is 18.4. The van der Waals surface area contributed by atoms with Crippen LogP contribution in [-0.4, -0.2) is 50.3 Å². The van der Waals surface area contributed by atoms with E-state index < -0.39 is 0 Å². The van der Waals surface area contributed by atoms with Crippen molar-refractivity contribution >= 4 is 23.5 Å². The van der Waals surface area contributed by atoms with Crippen molar-refractivity contribution in [3.63, 3.8) is 0 Å². The molecule has 2 aliphatic heterocycles. The maximum atomic E-state index is 11.9. The van der Waals surface area contributed by atoms with Crippen molar-refractivity contribution in [1.29, 1.82) is 10.7 Å². The first-order valence-corrected chi connectivity index (χ1v) is 10.5. The highest BCUT2D eigenvalue weighted by Gasteiger charge is 2.49. The number of hydrogen-bond acceptors (Lipinski definition) is 6. The first kappa shape index (κ1) is 21.4. The fourth-order valence-corrected chi connectivity index (χ4v) is 4.99. The lowest BCUT2D eigenvalue weighted by molar-refractivity contribution is -0.136. The van der Waals surface area contributed by atoms with E-state index in [4.69, 9.17) is 15.9 Å². The SMILES string of the molecule is C=CC(=O)N1CC2(CCN(c3cc(OC)cc(-c4c(C)ccc(N)c4C=N)c3C#N)C2)C1. The van der Waals surface area contributed by atoms with Gasteiger partial charge in [-0.05, 0) is 42.7 Å². The van der Waals surface area contributed by atoms with E-state index in [1.165, 1.54) is 12.3 Å². The molecule has 1 amide bonds.